The van der Waals surface area contributed by atoms with Crippen molar-refractivity contribution >= 4 is 5.84 Å². The Bertz CT molecular complexity index is 240. The van der Waals surface area contributed by atoms with E-state index in [1.807, 2.05) is 6.92 Å². The molecule has 5 nitrogen and oxygen atoms in total. The molecule has 0 amide bonds. The summed E-state index contributed by atoms with van der Waals surface area (Å²) in [5, 5.41) is 14.8. The van der Waals surface area contributed by atoms with Crippen LogP contribution in [-0.4, -0.2) is 47.7 Å². The molecule has 0 saturated heterocycles. The van der Waals surface area contributed by atoms with Gasteiger partial charge in [0.05, 0.1) is 0 Å². The van der Waals surface area contributed by atoms with Gasteiger partial charge in [0.2, 0.25) is 0 Å². The predicted molar refractivity (Wildman–Crippen MR) is 65.7 cm³/mol. The number of oxime groups is 1. The van der Waals surface area contributed by atoms with Crippen LogP contribution in [0.1, 0.15) is 33.1 Å². The summed E-state index contributed by atoms with van der Waals surface area (Å²) in [6.45, 7) is 5.20. The van der Waals surface area contributed by atoms with Gasteiger partial charge in [0.15, 0.2) is 0 Å². The summed E-state index contributed by atoms with van der Waals surface area (Å²) < 4.78 is 0. The van der Waals surface area contributed by atoms with Crippen molar-refractivity contribution in [3.63, 3.8) is 0 Å². The maximum Gasteiger partial charge on any atom is 0.140 e. The number of hydrogen-bond acceptors (Lipinski definition) is 4. The van der Waals surface area contributed by atoms with Crippen molar-refractivity contribution in [1.82, 2.24) is 10.2 Å². The summed E-state index contributed by atoms with van der Waals surface area (Å²) in [5.41, 5.74) is 5.45. The van der Waals surface area contributed by atoms with Crippen LogP contribution in [0.25, 0.3) is 0 Å². The van der Waals surface area contributed by atoms with E-state index in [1.54, 1.807) is 0 Å². The van der Waals surface area contributed by atoms with Gasteiger partial charge in [-0.2, -0.15) is 0 Å². The molecule has 94 valence electrons. The third kappa shape index (κ3) is 4.37. The SMILES string of the molecule is CC(CC(N)=NO)NCC(C)N(C)C1CC1. The van der Waals surface area contributed by atoms with E-state index < -0.39 is 0 Å². The predicted octanol–water partition coefficient (Wildman–Crippen LogP) is 0.584. The standard InChI is InChI=1S/C11H24N4O/c1-8(6-11(12)14-16)13-7-9(2)15(3)10-4-5-10/h8-10,13,16H,4-7H2,1-3H3,(H2,12,14). The van der Waals surface area contributed by atoms with E-state index in [2.05, 4.69) is 29.3 Å². The van der Waals surface area contributed by atoms with Crippen LogP contribution in [0.3, 0.4) is 0 Å². The Balaban J connectivity index is 2.17. The fourth-order valence-corrected chi connectivity index (χ4v) is 1.78. The van der Waals surface area contributed by atoms with Gasteiger partial charge in [0.1, 0.15) is 5.84 Å². The average Bonchev–Trinajstić information content (AvgIpc) is 3.08. The van der Waals surface area contributed by atoms with E-state index in [0.717, 1.165) is 12.6 Å². The van der Waals surface area contributed by atoms with Crippen LogP contribution >= 0.6 is 0 Å². The normalized spacial score (nSPS) is 21.1. The molecular formula is C11H24N4O. The minimum Gasteiger partial charge on any atom is -0.409 e. The Hall–Kier alpha value is -0.810. The lowest BCUT2D eigenvalue weighted by Crippen LogP contribution is -2.42. The summed E-state index contributed by atoms with van der Waals surface area (Å²) >= 11 is 0. The van der Waals surface area contributed by atoms with Crippen molar-refractivity contribution < 1.29 is 5.21 Å². The number of nitrogens with two attached hydrogens (primary N) is 1. The maximum absolute atomic E-state index is 8.46. The zero-order valence-corrected chi connectivity index (χ0v) is 10.5. The Morgan fingerprint density at radius 3 is 2.69 bits per heavy atom. The van der Waals surface area contributed by atoms with E-state index in [-0.39, 0.29) is 11.9 Å². The van der Waals surface area contributed by atoms with E-state index in [9.17, 15) is 0 Å². The van der Waals surface area contributed by atoms with Crippen molar-refractivity contribution in [2.45, 2.75) is 51.2 Å². The molecule has 1 saturated carbocycles. The third-order valence-electron chi connectivity index (χ3n) is 3.22. The van der Waals surface area contributed by atoms with Crippen LogP contribution in [0.5, 0.6) is 0 Å². The molecule has 0 aromatic rings. The molecule has 0 heterocycles. The summed E-state index contributed by atoms with van der Waals surface area (Å²) in [4.78, 5) is 2.42. The van der Waals surface area contributed by atoms with Gasteiger partial charge in [-0.05, 0) is 33.7 Å². The molecular weight excluding hydrogens is 204 g/mol. The molecule has 1 aliphatic carbocycles. The summed E-state index contributed by atoms with van der Waals surface area (Å²) in [7, 11) is 2.18. The summed E-state index contributed by atoms with van der Waals surface area (Å²) in [5.74, 6) is 0.281. The zero-order chi connectivity index (χ0) is 12.1. The molecule has 0 spiro atoms. The Labute approximate surface area is 97.7 Å². The van der Waals surface area contributed by atoms with Crippen LogP contribution in [0.4, 0.5) is 0 Å². The largest absolute Gasteiger partial charge is 0.409 e. The molecule has 2 unspecified atom stereocenters. The first-order valence-corrected chi connectivity index (χ1v) is 5.96. The Kier molecular flexibility index (Phi) is 5.02. The van der Waals surface area contributed by atoms with E-state index in [0.29, 0.717) is 12.5 Å². The first kappa shape index (κ1) is 13.3. The Morgan fingerprint density at radius 2 is 2.19 bits per heavy atom. The lowest BCUT2D eigenvalue weighted by molar-refractivity contribution is 0.237. The van der Waals surface area contributed by atoms with Crippen LogP contribution in [-0.2, 0) is 0 Å². The number of likely N-dealkylation sites (N-methyl/N-ethyl adjacent to an activating group) is 1. The number of rotatable bonds is 7. The van der Waals surface area contributed by atoms with Gasteiger partial charge >= 0.3 is 0 Å². The van der Waals surface area contributed by atoms with Gasteiger partial charge in [-0.3, -0.25) is 4.90 Å². The molecule has 0 bridgehead atoms. The molecule has 5 heteroatoms. The molecule has 0 aliphatic heterocycles. The van der Waals surface area contributed by atoms with Crippen molar-refractivity contribution in [3.05, 3.63) is 0 Å². The fraction of sp³-hybridized carbons (Fsp3) is 0.909. The monoisotopic (exact) mass is 228 g/mol. The number of nitrogens with one attached hydrogen (secondary N) is 1. The number of nitrogens with zero attached hydrogens (tertiary/aromatic N) is 2. The molecule has 16 heavy (non-hydrogen) atoms. The van der Waals surface area contributed by atoms with Gasteiger partial charge in [-0.15, -0.1) is 0 Å². The van der Waals surface area contributed by atoms with E-state index >= 15 is 0 Å². The van der Waals surface area contributed by atoms with Gasteiger partial charge in [-0.25, -0.2) is 0 Å². The summed E-state index contributed by atoms with van der Waals surface area (Å²) in [6, 6.07) is 1.56. The second kappa shape index (κ2) is 6.06. The second-order valence-electron chi connectivity index (χ2n) is 4.85. The highest BCUT2D eigenvalue weighted by Gasteiger charge is 2.28. The topological polar surface area (TPSA) is 73.9 Å². The molecule has 1 aliphatic rings. The molecule has 0 aromatic heterocycles. The van der Waals surface area contributed by atoms with Gasteiger partial charge in [0, 0.05) is 31.1 Å². The maximum atomic E-state index is 8.46. The minimum atomic E-state index is 0.242. The molecule has 1 fully saturated rings. The highest BCUT2D eigenvalue weighted by atomic mass is 16.4. The van der Waals surface area contributed by atoms with Crippen LogP contribution < -0.4 is 11.1 Å². The smallest absolute Gasteiger partial charge is 0.140 e. The average molecular weight is 228 g/mol. The van der Waals surface area contributed by atoms with Crippen LogP contribution in [0.2, 0.25) is 0 Å². The quantitative estimate of drug-likeness (QED) is 0.258. The molecule has 1 rings (SSSR count). The Morgan fingerprint density at radius 1 is 1.56 bits per heavy atom. The van der Waals surface area contributed by atoms with Crippen LogP contribution in [0, 0.1) is 0 Å². The van der Waals surface area contributed by atoms with Crippen molar-refractivity contribution in [1.29, 1.82) is 0 Å². The second-order valence-corrected chi connectivity index (χ2v) is 4.85. The van der Waals surface area contributed by atoms with Gasteiger partial charge < -0.3 is 16.3 Å². The van der Waals surface area contributed by atoms with Gasteiger partial charge in [0.25, 0.3) is 0 Å². The van der Waals surface area contributed by atoms with E-state index in [1.165, 1.54) is 12.8 Å². The lowest BCUT2D eigenvalue weighted by Gasteiger charge is -2.26. The fourth-order valence-electron chi connectivity index (χ4n) is 1.78. The first-order valence-electron chi connectivity index (χ1n) is 5.96. The summed E-state index contributed by atoms with van der Waals surface area (Å²) in [6.07, 6.45) is 3.25. The molecule has 0 aromatic carbocycles. The minimum absolute atomic E-state index is 0.242. The van der Waals surface area contributed by atoms with Crippen molar-refractivity contribution in [3.8, 4) is 0 Å². The first-order chi connectivity index (χ1) is 7.54. The van der Waals surface area contributed by atoms with Crippen molar-refractivity contribution in [2.75, 3.05) is 13.6 Å². The van der Waals surface area contributed by atoms with E-state index in [4.69, 9.17) is 10.9 Å². The molecule has 2 atom stereocenters. The zero-order valence-electron chi connectivity index (χ0n) is 10.5. The van der Waals surface area contributed by atoms with Crippen LogP contribution in [0.15, 0.2) is 5.16 Å². The third-order valence-corrected chi connectivity index (χ3v) is 3.22. The molecule has 0 radical (unpaired) electrons. The highest BCUT2D eigenvalue weighted by molar-refractivity contribution is 5.80. The molecule has 4 N–H and O–H groups in total. The number of hydrogen-bond donors (Lipinski definition) is 3. The number of amidine groups is 1. The lowest BCUT2D eigenvalue weighted by atomic mass is 10.2. The van der Waals surface area contributed by atoms with Gasteiger partial charge in [-0.1, -0.05) is 5.16 Å². The highest BCUT2D eigenvalue weighted by Crippen LogP contribution is 2.26. The van der Waals surface area contributed by atoms with Crippen molar-refractivity contribution in [2.24, 2.45) is 10.9 Å².